The maximum absolute atomic E-state index is 14.0. The molecule has 1 fully saturated rings. The topological polar surface area (TPSA) is 195 Å². The molecule has 14 nitrogen and oxygen atoms in total. The Morgan fingerprint density at radius 1 is 0.841 bits per heavy atom. The number of pyridine rings is 1. The Morgan fingerprint density at radius 3 is 2.35 bits per heavy atom. The van der Waals surface area contributed by atoms with Crippen molar-refractivity contribution in [1.29, 1.82) is 0 Å². The number of aryl methyl sites for hydroxylation is 2. The molecule has 3 atom stereocenters. The van der Waals surface area contributed by atoms with Gasteiger partial charge in [-0.2, -0.15) is 0 Å². The fraction of sp³-hybridized carbons (Fsp3) is 0.377. The lowest BCUT2D eigenvalue weighted by atomic mass is 9.83. The van der Waals surface area contributed by atoms with Gasteiger partial charge in [0.25, 0.3) is 11.8 Å². The van der Waals surface area contributed by atoms with E-state index in [4.69, 9.17) is 0 Å². The SMILES string of the molecule is Cc1ccccc1Nc1ncc(C(=O)NCCCCCCCC(=O)N[C@@H](C)C(C)(C)C(=O)N2C[C@H](O)C[C@H]2C(=O)NCCc2ccc(-c3scnc3C)cc2)cc1NC(=O)c1csc2ccccc12. The van der Waals surface area contributed by atoms with Crippen LogP contribution in [0, 0.1) is 19.3 Å². The fourth-order valence-corrected chi connectivity index (χ4v) is 10.2. The number of fused-ring (bicyclic) bond motifs is 1. The van der Waals surface area contributed by atoms with Crippen molar-refractivity contribution in [2.45, 2.75) is 104 Å². The number of thiazole rings is 1. The molecule has 1 aliphatic heterocycles. The number of thiophene rings is 1. The van der Waals surface area contributed by atoms with Crippen LogP contribution < -0.4 is 26.6 Å². The highest BCUT2D eigenvalue weighted by molar-refractivity contribution is 7.17. The van der Waals surface area contributed by atoms with Gasteiger partial charge in [0.1, 0.15) is 6.04 Å². The third kappa shape index (κ3) is 12.8. The van der Waals surface area contributed by atoms with Crippen LogP contribution in [-0.4, -0.2) is 87.3 Å². The summed E-state index contributed by atoms with van der Waals surface area (Å²) >= 11 is 3.10. The third-order valence-electron chi connectivity index (χ3n) is 12.9. The van der Waals surface area contributed by atoms with Crippen molar-refractivity contribution in [3.63, 3.8) is 0 Å². The van der Waals surface area contributed by atoms with E-state index in [1.54, 1.807) is 38.2 Å². The summed E-state index contributed by atoms with van der Waals surface area (Å²) in [7, 11) is 0. The summed E-state index contributed by atoms with van der Waals surface area (Å²) in [4.78, 5) is 78.7. The quantitative estimate of drug-likeness (QED) is 0.0382. The summed E-state index contributed by atoms with van der Waals surface area (Å²) in [5.41, 5.74) is 7.04. The fourth-order valence-electron chi connectivity index (χ4n) is 8.40. The second-order valence-electron chi connectivity index (χ2n) is 18.3. The van der Waals surface area contributed by atoms with E-state index in [1.165, 1.54) is 22.4 Å². The molecule has 3 aromatic heterocycles. The maximum Gasteiger partial charge on any atom is 0.257 e. The van der Waals surface area contributed by atoms with Gasteiger partial charge in [0.05, 0.1) is 44.4 Å². The predicted molar refractivity (Wildman–Crippen MR) is 275 cm³/mol. The van der Waals surface area contributed by atoms with Crippen LogP contribution in [0.1, 0.15) is 103 Å². The standard InChI is InChI=1S/C53H62N8O6S2/c1-33-15-10-12-17-42(33)59-48-43(60-50(65)41-31-68-45-18-13-11-16-40(41)45)27-38(29-56-48)49(64)54-25-14-8-6-7-9-19-46(63)58-35(3)53(4,5)52(67)61-30-39(62)28-44(61)51(66)55-26-24-36-20-22-37(23-21-36)47-34(2)57-32-69-47/h10-13,15-18,20-23,27,29,31-32,35,39,44,62H,6-9,14,19,24-26,28,30H2,1-5H3,(H,54,64)(H,55,66)(H,56,59)(H,58,63)(H,60,65)/t35-,39+,44-/m0/s1. The summed E-state index contributed by atoms with van der Waals surface area (Å²) in [5.74, 6) is -0.944. The van der Waals surface area contributed by atoms with E-state index in [0.717, 1.165) is 68.7 Å². The molecular weight excluding hydrogens is 909 g/mol. The van der Waals surface area contributed by atoms with Crippen LogP contribution >= 0.6 is 22.7 Å². The molecule has 0 spiro atoms. The van der Waals surface area contributed by atoms with E-state index >= 15 is 0 Å². The first-order chi connectivity index (χ1) is 33.2. The number of para-hydroxylation sites is 1. The number of nitrogens with zero attached hydrogens (tertiary/aromatic N) is 3. The summed E-state index contributed by atoms with van der Waals surface area (Å²) in [6.45, 7) is 10.2. The van der Waals surface area contributed by atoms with Gasteiger partial charge in [-0.15, -0.1) is 22.7 Å². The van der Waals surface area contributed by atoms with Gasteiger partial charge in [0, 0.05) is 65.9 Å². The smallest absolute Gasteiger partial charge is 0.257 e. The summed E-state index contributed by atoms with van der Waals surface area (Å²) in [5, 5.41) is 28.5. The number of carbonyl (C=O) groups excluding carboxylic acids is 5. The Labute approximate surface area is 411 Å². The van der Waals surface area contributed by atoms with E-state index < -0.39 is 23.6 Å². The molecule has 16 heteroatoms. The monoisotopic (exact) mass is 970 g/mol. The molecular formula is C53H62N8O6S2. The van der Waals surface area contributed by atoms with Crippen molar-refractivity contribution in [1.82, 2.24) is 30.8 Å². The number of aromatic nitrogens is 2. The average molecular weight is 971 g/mol. The molecule has 3 aromatic carbocycles. The van der Waals surface area contributed by atoms with Gasteiger partial charge in [-0.1, -0.05) is 79.9 Å². The van der Waals surface area contributed by atoms with E-state index in [0.29, 0.717) is 55.0 Å². The zero-order chi connectivity index (χ0) is 49.1. The highest BCUT2D eigenvalue weighted by Gasteiger charge is 2.46. The number of amides is 5. The predicted octanol–water partition coefficient (Wildman–Crippen LogP) is 8.95. The lowest BCUT2D eigenvalue weighted by molar-refractivity contribution is -0.147. The van der Waals surface area contributed by atoms with Gasteiger partial charge in [-0.3, -0.25) is 24.0 Å². The second-order valence-corrected chi connectivity index (χ2v) is 20.1. The number of hydrogen-bond acceptors (Lipinski definition) is 11. The first-order valence-electron chi connectivity index (χ1n) is 23.6. The molecule has 5 amide bonds. The highest BCUT2D eigenvalue weighted by atomic mass is 32.1. The molecule has 7 rings (SSSR count). The van der Waals surface area contributed by atoms with Crippen molar-refractivity contribution < 1.29 is 29.1 Å². The van der Waals surface area contributed by atoms with E-state index in [2.05, 4.69) is 48.7 Å². The Bertz CT molecular complexity index is 2770. The zero-order valence-electron chi connectivity index (χ0n) is 39.9. The number of likely N-dealkylation sites (tertiary alicyclic amines) is 1. The van der Waals surface area contributed by atoms with Crippen LogP contribution in [0.5, 0.6) is 0 Å². The number of rotatable bonds is 21. The number of aliphatic hydroxyl groups is 1. The third-order valence-corrected chi connectivity index (χ3v) is 14.9. The molecule has 6 N–H and O–H groups in total. The Morgan fingerprint density at radius 2 is 1.58 bits per heavy atom. The van der Waals surface area contributed by atoms with Crippen LogP contribution in [0.3, 0.4) is 0 Å². The summed E-state index contributed by atoms with van der Waals surface area (Å²) < 4.78 is 1.00. The number of carbonyl (C=O) groups is 5. The van der Waals surface area contributed by atoms with Gasteiger partial charge in [-0.25, -0.2) is 9.97 Å². The van der Waals surface area contributed by atoms with Crippen LogP contribution in [0.15, 0.2) is 96.0 Å². The number of benzene rings is 3. The normalized spacial score (nSPS) is 15.1. The summed E-state index contributed by atoms with van der Waals surface area (Å²) in [6.07, 6.45) is 5.70. The van der Waals surface area contributed by atoms with Gasteiger partial charge in [0.2, 0.25) is 17.7 Å². The number of β-amino-alcohol motifs (C(OH)–C–C–N with tert-alkyl or cyclic N) is 1. The molecule has 4 heterocycles. The van der Waals surface area contributed by atoms with Crippen LogP contribution in [0.25, 0.3) is 20.5 Å². The minimum atomic E-state index is -1.04. The number of nitrogens with one attached hydrogen (secondary N) is 5. The van der Waals surface area contributed by atoms with Crippen molar-refractivity contribution in [3.05, 3.63) is 124 Å². The van der Waals surface area contributed by atoms with Gasteiger partial charge < -0.3 is 36.6 Å². The van der Waals surface area contributed by atoms with Crippen LogP contribution in [-0.2, 0) is 20.8 Å². The first kappa shape index (κ1) is 50.4. The molecule has 362 valence electrons. The van der Waals surface area contributed by atoms with Crippen LogP contribution in [0.2, 0.25) is 0 Å². The van der Waals surface area contributed by atoms with E-state index in [-0.39, 0.29) is 42.5 Å². The van der Waals surface area contributed by atoms with Crippen molar-refractivity contribution in [3.8, 4) is 10.4 Å². The molecule has 1 aliphatic rings. The lowest BCUT2D eigenvalue weighted by Gasteiger charge is -2.36. The van der Waals surface area contributed by atoms with Gasteiger partial charge in [-0.05, 0) is 88.8 Å². The lowest BCUT2D eigenvalue weighted by Crippen LogP contribution is -2.55. The number of hydrogen-bond donors (Lipinski definition) is 6. The van der Waals surface area contributed by atoms with Crippen molar-refractivity contribution in [2.24, 2.45) is 5.41 Å². The van der Waals surface area contributed by atoms with E-state index in [1.807, 2.05) is 85.4 Å². The Hall–Kier alpha value is -6.49. The molecule has 0 radical (unpaired) electrons. The summed E-state index contributed by atoms with van der Waals surface area (Å²) in [6, 6.07) is 24.0. The van der Waals surface area contributed by atoms with Crippen LogP contribution in [0.4, 0.5) is 17.2 Å². The molecule has 0 aliphatic carbocycles. The minimum absolute atomic E-state index is 0.0506. The molecule has 0 unspecified atom stereocenters. The molecule has 1 saturated heterocycles. The molecule has 0 saturated carbocycles. The molecule has 69 heavy (non-hydrogen) atoms. The maximum atomic E-state index is 14.0. The first-order valence-corrected chi connectivity index (χ1v) is 25.4. The number of unbranched alkanes of at least 4 members (excludes halogenated alkanes) is 4. The number of aliphatic hydroxyl groups excluding tert-OH is 1. The minimum Gasteiger partial charge on any atom is -0.391 e. The molecule has 0 bridgehead atoms. The van der Waals surface area contributed by atoms with Gasteiger partial charge >= 0.3 is 0 Å². The molecule has 6 aromatic rings. The second kappa shape index (κ2) is 23.2. The van der Waals surface area contributed by atoms with Gasteiger partial charge in [0.15, 0.2) is 5.82 Å². The Kier molecular flexibility index (Phi) is 16.9. The Balaban J connectivity index is 0.815. The largest absolute Gasteiger partial charge is 0.391 e. The average Bonchev–Trinajstić information content (AvgIpc) is 4.09. The van der Waals surface area contributed by atoms with Crippen molar-refractivity contribution in [2.75, 3.05) is 30.3 Å². The number of anilines is 3. The zero-order valence-corrected chi connectivity index (χ0v) is 41.5. The van der Waals surface area contributed by atoms with Crippen molar-refractivity contribution >= 4 is 79.5 Å². The van der Waals surface area contributed by atoms with E-state index in [9.17, 15) is 29.1 Å². The highest BCUT2D eigenvalue weighted by Crippen LogP contribution is 2.32.